The van der Waals surface area contributed by atoms with Crippen molar-refractivity contribution in [3.8, 4) is 0 Å². The molecule has 3 nitrogen and oxygen atoms in total. The third kappa shape index (κ3) is 5.37. The summed E-state index contributed by atoms with van der Waals surface area (Å²) in [6.45, 7) is 10.6. The summed E-state index contributed by atoms with van der Waals surface area (Å²) in [5.74, 6) is 1.07. The fraction of sp³-hybridized carbons (Fsp3) is 0.750. The molecule has 0 saturated carbocycles. The molecule has 0 heterocycles. The monoisotopic (exact) mass is 393 g/mol. The Labute approximate surface area is 137 Å². The predicted octanol–water partition coefficient (Wildman–Crippen LogP) is 4.13. The zero-order valence-corrected chi connectivity index (χ0v) is 15.5. The van der Waals surface area contributed by atoms with Crippen LogP contribution in [0.1, 0.15) is 40.5 Å². The van der Waals surface area contributed by atoms with Gasteiger partial charge in [0.05, 0.1) is 13.7 Å². The van der Waals surface area contributed by atoms with Gasteiger partial charge in [0, 0.05) is 30.6 Å². The van der Waals surface area contributed by atoms with Gasteiger partial charge in [-0.15, -0.1) is 0 Å². The van der Waals surface area contributed by atoms with Crippen molar-refractivity contribution in [3.05, 3.63) is 23.5 Å². The van der Waals surface area contributed by atoms with E-state index >= 15 is 0 Å². The third-order valence-corrected chi connectivity index (χ3v) is 4.62. The lowest BCUT2D eigenvalue weighted by Crippen LogP contribution is -2.39. The number of methoxy groups -OCH3 is 1. The van der Waals surface area contributed by atoms with Crippen molar-refractivity contribution in [3.63, 3.8) is 0 Å². The Morgan fingerprint density at radius 1 is 1.25 bits per heavy atom. The lowest BCUT2D eigenvalue weighted by molar-refractivity contribution is 0.0818. The molecule has 1 aliphatic rings. The van der Waals surface area contributed by atoms with Crippen LogP contribution in [0.3, 0.4) is 0 Å². The van der Waals surface area contributed by atoms with Crippen LogP contribution in [0, 0.1) is 0 Å². The quantitative estimate of drug-likeness (QED) is 0.457. The van der Waals surface area contributed by atoms with E-state index in [9.17, 15) is 0 Å². The SMILES string of the molecule is COC1=C(C(I)OCCN(C(C)C)C(C)C)C=CCC1. The molecule has 0 fully saturated rings. The lowest BCUT2D eigenvalue weighted by atomic mass is 10.1. The van der Waals surface area contributed by atoms with Crippen LogP contribution in [0.5, 0.6) is 0 Å². The van der Waals surface area contributed by atoms with Crippen molar-refractivity contribution in [2.75, 3.05) is 20.3 Å². The number of halogens is 1. The number of nitrogens with zero attached hydrogens (tertiary/aromatic N) is 1. The Balaban J connectivity index is 2.49. The van der Waals surface area contributed by atoms with E-state index < -0.39 is 0 Å². The van der Waals surface area contributed by atoms with Crippen LogP contribution >= 0.6 is 22.6 Å². The number of alkyl halides is 1. The summed E-state index contributed by atoms with van der Waals surface area (Å²) in [5.41, 5.74) is 1.18. The molecule has 0 aromatic heterocycles. The number of ether oxygens (including phenoxy) is 2. The lowest BCUT2D eigenvalue weighted by Gasteiger charge is -2.30. The van der Waals surface area contributed by atoms with Gasteiger partial charge in [-0.3, -0.25) is 4.90 Å². The van der Waals surface area contributed by atoms with Crippen molar-refractivity contribution in [1.29, 1.82) is 0 Å². The summed E-state index contributed by atoms with van der Waals surface area (Å²) in [5, 5.41) is 0. The summed E-state index contributed by atoms with van der Waals surface area (Å²) in [7, 11) is 1.75. The Morgan fingerprint density at radius 2 is 1.90 bits per heavy atom. The van der Waals surface area contributed by atoms with Crippen LogP contribution in [0.25, 0.3) is 0 Å². The van der Waals surface area contributed by atoms with Crippen LogP contribution in [0.15, 0.2) is 23.5 Å². The van der Waals surface area contributed by atoms with Crippen molar-refractivity contribution < 1.29 is 9.47 Å². The molecule has 0 bridgehead atoms. The average Bonchev–Trinajstić information content (AvgIpc) is 2.42. The van der Waals surface area contributed by atoms with Gasteiger partial charge in [-0.05, 0) is 56.7 Å². The second-order valence-electron chi connectivity index (χ2n) is 5.64. The number of hydrogen-bond donors (Lipinski definition) is 0. The highest BCUT2D eigenvalue weighted by molar-refractivity contribution is 14.1. The molecular weight excluding hydrogens is 365 g/mol. The maximum Gasteiger partial charge on any atom is 0.137 e. The fourth-order valence-electron chi connectivity index (χ4n) is 2.55. The molecule has 0 N–H and O–H groups in total. The summed E-state index contributed by atoms with van der Waals surface area (Å²) in [6, 6.07) is 1.10. The van der Waals surface area contributed by atoms with Gasteiger partial charge in [0.25, 0.3) is 0 Å². The predicted molar refractivity (Wildman–Crippen MR) is 93.1 cm³/mol. The highest BCUT2D eigenvalue weighted by Gasteiger charge is 2.18. The molecule has 0 aliphatic heterocycles. The zero-order valence-electron chi connectivity index (χ0n) is 13.4. The van der Waals surface area contributed by atoms with E-state index in [2.05, 4.69) is 67.3 Å². The van der Waals surface area contributed by atoms with Crippen molar-refractivity contribution in [2.45, 2.75) is 56.7 Å². The summed E-state index contributed by atoms with van der Waals surface area (Å²) < 4.78 is 11.5. The second kappa shape index (κ2) is 9.05. The van der Waals surface area contributed by atoms with Gasteiger partial charge in [-0.2, -0.15) is 0 Å². The molecule has 1 atom stereocenters. The highest BCUT2D eigenvalue weighted by atomic mass is 127. The van der Waals surface area contributed by atoms with Gasteiger partial charge >= 0.3 is 0 Å². The van der Waals surface area contributed by atoms with Crippen LogP contribution in [0.4, 0.5) is 0 Å². The van der Waals surface area contributed by atoms with Crippen molar-refractivity contribution in [1.82, 2.24) is 4.90 Å². The minimum atomic E-state index is 0.0697. The first-order valence-electron chi connectivity index (χ1n) is 7.42. The number of hydrogen-bond acceptors (Lipinski definition) is 3. The summed E-state index contributed by atoms with van der Waals surface area (Å²) in [4.78, 5) is 2.45. The Hall–Kier alpha value is -0.0700. The minimum absolute atomic E-state index is 0.0697. The van der Waals surface area contributed by atoms with E-state index in [-0.39, 0.29) is 4.11 Å². The van der Waals surface area contributed by atoms with Crippen LogP contribution in [0.2, 0.25) is 0 Å². The summed E-state index contributed by atoms with van der Waals surface area (Å²) >= 11 is 2.35. The van der Waals surface area contributed by atoms with E-state index in [1.54, 1.807) is 7.11 Å². The molecule has 4 heteroatoms. The molecular formula is C16H28INO2. The minimum Gasteiger partial charge on any atom is -0.501 e. The molecule has 0 spiro atoms. The van der Waals surface area contributed by atoms with E-state index in [1.165, 1.54) is 5.57 Å². The zero-order chi connectivity index (χ0) is 15.1. The first-order chi connectivity index (χ1) is 9.47. The molecule has 20 heavy (non-hydrogen) atoms. The van der Waals surface area contributed by atoms with E-state index in [0.717, 1.165) is 31.8 Å². The van der Waals surface area contributed by atoms with Crippen molar-refractivity contribution in [2.24, 2.45) is 0 Å². The summed E-state index contributed by atoms with van der Waals surface area (Å²) in [6.07, 6.45) is 6.38. The fourth-order valence-corrected chi connectivity index (χ4v) is 3.36. The van der Waals surface area contributed by atoms with E-state index in [1.807, 2.05) is 0 Å². The van der Waals surface area contributed by atoms with E-state index in [0.29, 0.717) is 12.1 Å². The van der Waals surface area contributed by atoms with Crippen LogP contribution in [-0.2, 0) is 9.47 Å². The normalized spacial score (nSPS) is 17.4. The first kappa shape index (κ1) is 18.0. The Bertz CT molecular complexity index is 342. The standard InChI is InChI=1S/C16H28INO2/c1-12(2)18(13(3)4)10-11-20-16(17)14-8-6-7-9-15(14)19-5/h6,8,12-13,16H,7,9-11H2,1-5H3. The second-order valence-corrected chi connectivity index (χ2v) is 6.77. The van der Waals surface area contributed by atoms with Gasteiger partial charge in [-0.25, -0.2) is 0 Å². The van der Waals surface area contributed by atoms with Crippen molar-refractivity contribution >= 4 is 22.6 Å². The molecule has 1 unspecified atom stereocenters. The smallest absolute Gasteiger partial charge is 0.137 e. The molecule has 0 saturated heterocycles. The Kier molecular flexibility index (Phi) is 8.14. The molecule has 1 aliphatic carbocycles. The molecule has 0 aromatic carbocycles. The molecule has 0 radical (unpaired) electrons. The van der Waals surface area contributed by atoms with Gasteiger partial charge in [-0.1, -0.05) is 12.2 Å². The van der Waals surface area contributed by atoms with E-state index in [4.69, 9.17) is 9.47 Å². The molecule has 0 amide bonds. The average molecular weight is 393 g/mol. The van der Waals surface area contributed by atoms with Gasteiger partial charge < -0.3 is 9.47 Å². The molecule has 0 aromatic rings. The topological polar surface area (TPSA) is 21.7 Å². The van der Waals surface area contributed by atoms with Crippen LogP contribution in [-0.4, -0.2) is 41.4 Å². The highest BCUT2D eigenvalue weighted by Crippen LogP contribution is 2.27. The Morgan fingerprint density at radius 3 is 2.45 bits per heavy atom. The van der Waals surface area contributed by atoms with Gasteiger partial charge in [0.15, 0.2) is 0 Å². The number of rotatable bonds is 8. The maximum absolute atomic E-state index is 6.00. The van der Waals surface area contributed by atoms with Crippen LogP contribution < -0.4 is 0 Å². The number of allylic oxidation sites excluding steroid dienone is 2. The first-order valence-corrected chi connectivity index (χ1v) is 8.67. The largest absolute Gasteiger partial charge is 0.501 e. The maximum atomic E-state index is 6.00. The van der Waals surface area contributed by atoms with Gasteiger partial charge in [0.2, 0.25) is 0 Å². The van der Waals surface area contributed by atoms with Gasteiger partial charge in [0.1, 0.15) is 9.87 Å². The third-order valence-electron chi connectivity index (χ3n) is 3.59. The molecule has 1 rings (SSSR count). The molecule has 116 valence electrons.